The van der Waals surface area contributed by atoms with Gasteiger partial charge in [0.15, 0.2) is 0 Å². The van der Waals surface area contributed by atoms with Crippen LogP contribution < -0.4 is 0 Å². The molecule has 13 heavy (non-hydrogen) atoms. The fourth-order valence-corrected chi connectivity index (χ4v) is 13.6. The predicted molar refractivity (Wildman–Crippen MR) is 54.2 cm³/mol. The summed E-state index contributed by atoms with van der Waals surface area (Å²) in [4.78, 5) is 0. The molecule has 0 unspecified atom stereocenters. The molecule has 0 saturated carbocycles. The molecular formula is C8H18F2OSn2. The first-order valence-electron chi connectivity index (χ1n) is 4.91. The maximum atomic E-state index is 13.1. The average Bonchev–Trinajstić information content (AvgIpc) is 2.09. The van der Waals surface area contributed by atoms with Crippen molar-refractivity contribution in [2.24, 2.45) is 0 Å². The molecule has 78 valence electrons. The summed E-state index contributed by atoms with van der Waals surface area (Å²) in [7, 11) is 0. The second-order valence-corrected chi connectivity index (χ2v) is 14.9. The van der Waals surface area contributed by atoms with Crippen LogP contribution in [0.1, 0.15) is 39.5 Å². The Morgan fingerprint density at radius 3 is 2.31 bits per heavy atom. The second kappa shape index (κ2) is 8.70. The van der Waals surface area contributed by atoms with Crippen LogP contribution in [0.15, 0.2) is 0 Å². The van der Waals surface area contributed by atoms with Crippen LogP contribution in [0.3, 0.4) is 0 Å². The Labute approximate surface area is 96.4 Å². The van der Waals surface area contributed by atoms with E-state index in [0.717, 1.165) is 23.7 Å². The van der Waals surface area contributed by atoms with Gasteiger partial charge in [0.1, 0.15) is 0 Å². The van der Waals surface area contributed by atoms with Gasteiger partial charge in [0.25, 0.3) is 0 Å². The van der Waals surface area contributed by atoms with E-state index in [1.54, 1.807) is 0 Å². The number of rotatable bonds is 8. The third-order valence-corrected chi connectivity index (χ3v) is 15.7. The molecule has 0 bridgehead atoms. The zero-order valence-electron chi connectivity index (χ0n) is 8.41. The Balaban J connectivity index is 3.39. The first kappa shape index (κ1) is 14.4. The molecule has 0 aliphatic rings. The van der Waals surface area contributed by atoms with Crippen LogP contribution in [0, 0.1) is 0 Å². The van der Waals surface area contributed by atoms with Gasteiger partial charge in [-0.25, -0.2) is 0 Å². The minimum atomic E-state index is -4.90. The summed E-state index contributed by atoms with van der Waals surface area (Å²) >= 11 is -6.05. The molecule has 1 nitrogen and oxygen atoms in total. The van der Waals surface area contributed by atoms with Gasteiger partial charge in [-0.2, -0.15) is 0 Å². The van der Waals surface area contributed by atoms with Gasteiger partial charge >= 0.3 is 97.0 Å². The third kappa shape index (κ3) is 9.72. The Bertz CT molecular complexity index is 123. The van der Waals surface area contributed by atoms with E-state index < -0.39 is 41.5 Å². The van der Waals surface area contributed by atoms with Crippen molar-refractivity contribution in [1.29, 1.82) is 0 Å². The minimum absolute atomic E-state index is 0.109. The van der Waals surface area contributed by atoms with E-state index in [1.807, 2.05) is 6.92 Å². The van der Waals surface area contributed by atoms with Gasteiger partial charge < -0.3 is 0 Å². The van der Waals surface area contributed by atoms with E-state index in [2.05, 4.69) is 6.92 Å². The van der Waals surface area contributed by atoms with Gasteiger partial charge in [-0.1, -0.05) is 0 Å². The molecule has 0 aromatic carbocycles. The zero-order chi connectivity index (χ0) is 10.2. The van der Waals surface area contributed by atoms with Crippen LogP contribution >= 0.6 is 0 Å². The van der Waals surface area contributed by atoms with Gasteiger partial charge in [-0.15, -0.1) is 0 Å². The van der Waals surface area contributed by atoms with Crippen molar-refractivity contribution in [3.8, 4) is 0 Å². The molecular weight excluding hydrogens is 388 g/mol. The van der Waals surface area contributed by atoms with Crippen molar-refractivity contribution >= 4 is 41.5 Å². The molecule has 0 fully saturated rings. The molecule has 0 heterocycles. The van der Waals surface area contributed by atoms with Crippen LogP contribution in [0.2, 0.25) is 8.87 Å². The quantitative estimate of drug-likeness (QED) is 0.443. The molecule has 0 saturated heterocycles. The molecule has 0 atom stereocenters. The van der Waals surface area contributed by atoms with Gasteiger partial charge in [-0.05, 0) is 0 Å². The van der Waals surface area contributed by atoms with Crippen molar-refractivity contribution in [3.05, 3.63) is 0 Å². The molecule has 0 aliphatic heterocycles. The second-order valence-electron chi connectivity index (χ2n) is 3.09. The van der Waals surface area contributed by atoms with Gasteiger partial charge in [0.05, 0.1) is 0 Å². The fraction of sp³-hybridized carbons (Fsp3) is 1.00. The first-order valence-corrected chi connectivity index (χ1v) is 13.4. The van der Waals surface area contributed by atoms with E-state index in [0.29, 0.717) is 6.42 Å². The topological polar surface area (TPSA) is 9.23 Å². The van der Waals surface area contributed by atoms with Gasteiger partial charge in [0.2, 0.25) is 0 Å². The molecule has 0 aromatic rings. The van der Waals surface area contributed by atoms with Gasteiger partial charge in [-0.3, -0.25) is 0 Å². The number of halogens is 2. The first-order chi connectivity index (χ1) is 6.12. The Hall–Kier alpha value is 1.42. The molecule has 0 spiro atoms. The van der Waals surface area contributed by atoms with E-state index in [4.69, 9.17) is 1.41 Å². The Kier molecular flexibility index (Phi) is 9.65. The van der Waals surface area contributed by atoms with E-state index in [9.17, 15) is 5.73 Å². The van der Waals surface area contributed by atoms with Crippen LogP contribution in [0.25, 0.3) is 0 Å². The summed E-state index contributed by atoms with van der Waals surface area (Å²) in [6.45, 7) is 4.02. The van der Waals surface area contributed by atoms with Crippen LogP contribution in [0.4, 0.5) is 5.73 Å². The van der Waals surface area contributed by atoms with Crippen LogP contribution in [0.5, 0.6) is 0 Å². The standard InChI is InChI=1S/2C4H9.2FH.O.2Sn/c2*1-3-4-2;;;;;/h2*1,3-4H2,2H3;2*1H;;;/q;;;;;;+2/p-2. The van der Waals surface area contributed by atoms with E-state index >= 15 is 0 Å². The van der Waals surface area contributed by atoms with Crippen molar-refractivity contribution in [2.75, 3.05) is 0 Å². The van der Waals surface area contributed by atoms with Crippen LogP contribution in [-0.4, -0.2) is 41.5 Å². The number of unbranched alkanes of at least 4 members (excludes halogenated alkanes) is 2. The van der Waals surface area contributed by atoms with Gasteiger partial charge in [0, 0.05) is 0 Å². The molecule has 0 amide bonds. The molecule has 0 aliphatic carbocycles. The molecule has 0 rings (SSSR count). The summed E-state index contributed by atoms with van der Waals surface area (Å²) in [5, 5.41) is 0. The fourth-order valence-electron chi connectivity index (χ4n) is 0.839. The summed E-state index contributed by atoms with van der Waals surface area (Å²) in [5.74, 6) is 0. The summed E-state index contributed by atoms with van der Waals surface area (Å²) in [6, 6.07) is 0. The van der Waals surface area contributed by atoms with E-state index in [1.165, 1.54) is 0 Å². The van der Waals surface area contributed by atoms with Crippen LogP contribution in [-0.2, 0) is 1.41 Å². The normalized spacial score (nSPS) is 12.0. The summed E-state index contributed by atoms with van der Waals surface area (Å²) < 4.78 is 32.1. The summed E-state index contributed by atoms with van der Waals surface area (Å²) in [5.41, 5.74) is 0. The molecule has 0 N–H and O–H groups in total. The maximum absolute atomic E-state index is 13.1. The Morgan fingerprint density at radius 1 is 1.15 bits per heavy atom. The third-order valence-electron chi connectivity index (χ3n) is 1.68. The molecule has 2 radical (unpaired) electrons. The van der Waals surface area contributed by atoms with Crippen molar-refractivity contribution in [2.45, 2.75) is 48.4 Å². The number of hydrogen-bond acceptors (Lipinski definition) is 1. The van der Waals surface area contributed by atoms with Crippen molar-refractivity contribution in [1.82, 2.24) is 0 Å². The SMILES string of the molecule is CCC[CH2][Sn][O][Sn]([F])([F])[CH2]CCC. The zero-order valence-corrected chi connectivity index (χ0v) is 14.1. The van der Waals surface area contributed by atoms with Crippen molar-refractivity contribution < 1.29 is 7.15 Å². The molecule has 5 heteroatoms. The monoisotopic (exact) mass is 408 g/mol. The molecule has 0 aromatic heterocycles. The number of hydrogen-bond donors (Lipinski definition) is 0. The average molecular weight is 406 g/mol. The summed E-state index contributed by atoms with van der Waals surface area (Å²) in [6.07, 6.45) is 3.67. The van der Waals surface area contributed by atoms with E-state index in [-0.39, 0.29) is 4.44 Å². The predicted octanol–water partition coefficient (Wildman–Crippen LogP) is 3.52. The van der Waals surface area contributed by atoms with Crippen molar-refractivity contribution in [3.63, 3.8) is 0 Å². The Morgan fingerprint density at radius 2 is 1.77 bits per heavy atom.